The molecule has 0 atom stereocenters. The number of ether oxygens (including phenoxy) is 1. The highest BCUT2D eigenvalue weighted by molar-refractivity contribution is 5.79. The average molecular weight is 318 g/mol. The average Bonchev–Trinajstić information content (AvgIpc) is 3.08. The molecular weight excluding hydrogens is 295 g/mol. The van der Waals surface area contributed by atoms with Crippen molar-refractivity contribution in [1.82, 2.24) is 15.2 Å². The molecule has 1 aromatic heterocycles. The molecule has 1 aromatic carbocycles. The molecule has 0 spiro atoms. The Morgan fingerprint density at radius 2 is 1.83 bits per heavy atom. The van der Waals surface area contributed by atoms with Crippen molar-refractivity contribution in [2.75, 3.05) is 26.7 Å². The van der Waals surface area contributed by atoms with Gasteiger partial charge in [0.2, 0.25) is 0 Å². The molecule has 0 saturated carbocycles. The van der Waals surface area contributed by atoms with E-state index in [1.54, 1.807) is 19.2 Å². The summed E-state index contributed by atoms with van der Waals surface area (Å²) in [6, 6.07) is 10.1. The van der Waals surface area contributed by atoms with Crippen LogP contribution in [0.15, 0.2) is 53.8 Å². The van der Waals surface area contributed by atoms with Gasteiger partial charge in [-0.05, 0) is 42.8 Å². The Morgan fingerprint density at radius 3 is 2.52 bits per heavy atom. The Kier molecular flexibility index (Phi) is 6.97. The Bertz CT molecular complexity index is 581. The standard InChI is InChI=1S/C17H23FN4O/c1-19-17(21-10-13-22-11-2-3-12-22)20-9-4-14-23-16-7-5-15(18)6-8-16/h2-3,5-8,11-12H,4,9-10,13-14H2,1H3,(H2,19,20,21). The third-order valence-electron chi connectivity index (χ3n) is 3.25. The molecule has 23 heavy (non-hydrogen) atoms. The summed E-state index contributed by atoms with van der Waals surface area (Å²) in [4.78, 5) is 4.18. The summed E-state index contributed by atoms with van der Waals surface area (Å²) >= 11 is 0. The number of nitrogens with zero attached hydrogens (tertiary/aromatic N) is 2. The zero-order valence-corrected chi connectivity index (χ0v) is 13.3. The van der Waals surface area contributed by atoms with E-state index < -0.39 is 0 Å². The van der Waals surface area contributed by atoms with Gasteiger partial charge in [-0.25, -0.2) is 4.39 Å². The quantitative estimate of drug-likeness (QED) is 0.446. The number of aliphatic imine (C=N–C) groups is 1. The second kappa shape index (κ2) is 9.50. The smallest absolute Gasteiger partial charge is 0.191 e. The minimum atomic E-state index is -0.256. The van der Waals surface area contributed by atoms with Crippen molar-refractivity contribution in [3.8, 4) is 5.75 Å². The topological polar surface area (TPSA) is 50.6 Å². The van der Waals surface area contributed by atoms with Crippen LogP contribution in [0.3, 0.4) is 0 Å². The maximum atomic E-state index is 12.8. The molecule has 0 aliphatic heterocycles. The number of hydrogen-bond acceptors (Lipinski definition) is 2. The lowest BCUT2D eigenvalue weighted by atomic mass is 10.3. The first-order chi connectivity index (χ1) is 11.3. The van der Waals surface area contributed by atoms with Crippen LogP contribution < -0.4 is 15.4 Å². The van der Waals surface area contributed by atoms with Crippen molar-refractivity contribution < 1.29 is 9.13 Å². The molecule has 5 nitrogen and oxygen atoms in total. The zero-order chi connectivity index (χ0) is 16.3. The van der Waals surface area contributed by atoms with E-state index in [4.69, 9.17) is 4.74 Å². The zero-order valence-electron chi connectivity index (χ0n) is 13.3. The first-order valence-electron chi connectivity index (χ1n) is 7.71. The van der Waals surface area contributed by atoms with Gasteiger partial charge in [-0.1, -0.05) is 0 Å². The minimum absolute atomic E-state index is 0.256. The molecule has 0 radical (unpaired) electrons. The molecule has 0 amide bonds. The predicted molar refractivity (Wildman–Crippen MR) is 90.3 cm³/mol. The van der Waals surface area contributed by atoms with E-state index in [2.05, 4.69) is 20.2 Å². The normalized spacial score (nSPS) is 11.3. The first-order valence-corrected chi connectivity index (χ1v) is 7.71. The van der Waals surface area contributed by atoms with Crippen molar-refractivity contribution in [3.05, 3.63) is 54.6 Å². The van der Waals surface area contributed by atoms with E-state index in [9.17, 15) is 4.39 Å². The maximum absolute atomic E-state index is 12.8. The lowest BCUT2D eigenvalue weighted by Crippen LogP contribution is -2.39. The van der Waals surface area contributed by atoms with E-state index in [0.29, 0.717) is 12.4 Å². The molecule has 1 heterocycles. The molecule has 6 heteroatoms. The first kappa shape index (κ1) is 16.9. The number of nitrogens with one attached hydrogen (secondary N) is 2. The van der Waals surface area contributed by atoms with Crippen LogP contribution >= 0.6 is 0 Å². The summed E-state index contributed by atoms with van der Waals surface area (Å²) in [6.07, 6.45) is 4.89. The van der Waals surface area contributed by atoms with E-state index in [0.717, 1.165) is 32.0 Å². The van der Waals surface area contributed by atoms with Gasteiger partial charge in [0, 0.05) is 39.1 Å². The molecule has 124 valence electrons. The van der Waals surface area contributed by atoms with Crippen LogP contribution in [-0.4, -0.2) is 37.3 Å². The Balaban J connectivity index is 1.55. The number of rotatable bonds is 8. The van der Waals surface area contributed by atoms with Crippen LogP contribution in [0.2, 0.25) is 0 Å². The summed E-state index contributed by atoms with van der Waals surface area (Å²) in [5.74, 6) is 1.20. The molecule has 0 saturated heterocycles. The number of aromatic nitrogens is 1. The number of hydrogen-bond donors (Lipinski definition) is 2. The second-order valence-corrected chi connectivity index (χ2v) is 5.00. The summed E-state index contributed by atoms with van der Waals surface area (Å²) < 4.78 is 20.4. The molecule has 2 rings (SSSR count). The van der Waals surface area contributed by atoms with Gasteiger partial charge >= 0.3 is 0 Å². The van der Waals surface area contributed by atoms with Crippen LogP contribution in [0.5, 0.6) is 5.75 Å². The van der Waals surface area contributed by atoms with Gasteiger partial charge in [-0.2, -0.15) is 0 Å². The predicted octanol–water partition coefficient (Wildman–Crippen LogP) is 2.26. The molecule has 2 N–H and O–H groups in total. The number of guanidine groups is 1. The molecular formula is C17H23FN4O. The maximum Gasteiger partial charge on any atom is 0.191 e. The SMILES string of the molecule is CN=C(NCCCOc1ccc(F)cc1)NCCn1cccc1. The largest absolute Gasteiger partial charge is 0.494 e. The van der Waals surface area contributed by atoms with Gasteiger partial charge < -0.3 is 19.9 Å². The van der Waals surface area contributed by atoms with Crippen LogP contribution in [0, 0.1) is 5.82 Å². The third-order valence-corrected chi connectivity index (χ3v) is 3.25. The van der Waals surface area contributed by atoms with Crippen LogP contribution in [0.25, 0.3) is 0 Å². The fourth-order valence-corrected chi connectivity index (χ4v) is 2.04. The lowest BCUT2D eigenvalue weighted by Gasteiger charge is -2.12. The highest BCUT2D eigenvalue weighted by Crippen LogP contribution is 2.10. The van der Waals surface area contributed by atoms with Crippen molar-refractivity contribution >= 4 is 5.96 Å². The highest BCUT2D eigenvalue weighted by Gasteiger charge is 1.98. The van der Waals surface area contributed by atoms with Gasteiger partial charge in [0.05, 0.1) is 6.61 Å². The third kappa shape index (κ3) is 6.42. The van der Waals surface area contributed by atoms with Crippen LogP contribution in [0.4, 0.5) is 4.39 Å². The van der Waals surface area contributed by atoms with E-state index in [1.807, 2.05) is 24.5 Å². The second-order valence-electron chi connectivity index (χ2n) is 5.00. The Labute approximate surface area is 136 Å². The molecule has 0 aliphatic rings. The fraction of sp³-hybridized carbons (Fsp3) is 0.353. The van der Waals surface area contributed by atoms with Crippen LogP contribution in [0.1, 0.15) is 6.42 Å². The monoisotopic (exact) mass is 318 g/mol. The number of halogens is 1. The Morgan fingerprint density at radius 1 is 1.13 bits per heavy atom. The molecule has 0 fully saturated rings. The van der Waals surface area contributed by atoms with Gasteiger partial charge in [0.25, 0.3) is 0 Å². The molecule has 0 bridgehead atoms. The van der Waals surface area contributed by atoms with Gasteiger partial charge in [0.15, 0.2) is 5.96 Å². The molecule has 0 aliphatic carbocycles. The molecule has 2 aromatic rings. The molecule has 0 unspecified atom stereocenters. The van der Waals surface area contributed by atoms with E-state index >= 15 is 0 Å². The summed E-state index contributed by atoms with van der Waals surface area (Å²) in [6.45, 7) is 3.02. The van der Waals surface area contributed by atoms with Crippen molar-refractivity contribution in [2.24, 2.45) is 4.99 Å². The van der Waals surface area contributed by atoms with Gasteiger partial charge in [-0.3, -0.25) is 4.99 Å². The van der Waals surface area contributed by atoms with E-state index in [-0.39, 0.29) is 5.82 Å². The van der Waals surface area contributed by atoms with Crippen molar-refractivity contribution in [1.29, 1.82) is 0 Å². The van der Waals surface area contributed by atoms with Gasteiger partial charge in [-0.15, -0.1) is 0 Å². The number of benzene rings is 1. The Hall–Kier alpha value is -2.50. The van der Waals surface area contributed by atoms with Crippen molar-refractivity contribution in [3.63, 3.8) is 0 Å². The van der Waals surface area contributed by atoms with Crippen molar-refractivity contribution in [2.45, 2.75) is 13.0 Å². The lowest BCUT2D eigenvalue weighted by molar-refractivity contribution is 0.310. The highest BCUT2D eigenvalue weighted by atomic mass is 19.1. The minimum Gasteiger partial charge on any atom is -0.494 e. The summed E-state index contributed by atoms with van der Waals surface area (Å²) in [7, 11) is 1.75. The summed E-state index contributed by atoms with van der Waals surface area (Å²) in [5, 5.41) is 6.49. The van der Waals surface area contributed by atoms with E-state index in [1.165, 1.54) is 12.1 Å². The van der Waals surface area contributed by atoms with Gasteiger partial charge in [0.1, 0.15) is 11.6 Å². The fourth-order valence-electron chi connectivity index (χ4n) is 2.04. The van der Waals surface area contributed by atoms with Crippen LogP contribution in [-0.2, 0) is 6.54 Å². The summed E-state index contributed by atoms with van der Waals surface area (Å²) in [5.41, 5.74) is 0.